The number of anilines is 1. The molecule has 0 aliphatic carbocycles. The van der Waals surface area contributed by atoms with Crippen LogP contribution >= 0.6 is 0 Å². The molecule has 0 saturated carbocycles. The Labute approximate surface area is 251 Å². The number of likely N-dealkylation sites (N-methyl/N-ethyl adjacent to an activating group) is 1. The van der Waals surface area contributed by atoms with Gasteiger partial charge in [-0.1, -0.05) is 78.9 Å². The third kappa shape index (κ3) is 8.65. The lowest BCUT2D eigenvalue weighted by atomic mass is 10.0. The van der Waals surface area contributed by atoms with Crippen molar-refractivity contribution in [3.63, 3.8) is 0 Å². The van der Waals surface area contributed by atoms with Gasteiger partial charge >= 0.3 is 0 Å². The third-order valence-corrected chi connectivity index (χ3v) is 8.01. The van der Waals surface area contributed by atoms with E-state index in [2.05, 4.69) is 5.32 Å². The van der Waals surface area contributed by atoms with Crippen LogP contribution in [0.25, 0.3) is 0 Å². The van der Waals surface area contributed by atoms with Crippen LogP contribution in [0.15, 0.2) is 109 Å². The highest BCUT2D eigenvalue weighted by Crippen LogP contribution is 2.24. The fourth-order valence-electron chi connectivity index (χ4n) is 4.59. The van der Waals surface area contributed by atoms with Gasteiger partial charge in [0.2, 0.25) is 21.8 Å². The fraction of sp³-hybridized carbons (Fsp3) is 0.212. The van der Waals surface area contributed by atoms with Gasteiger partial charge in [-0.15, -0.1) is 0 Å². The Kier molecular flexibility index (Phi) is 10.5. The van der Waals surface area contributed by atoms with Crippen molar-refractivity contribution < 1.29 is 27.1 Å². The molecule has 0 saturated heterocycles. The number of nitrogens with zero attached hydrogens (tertiary/aromatic N) is 2. The van der Waals surface area contributed by atoms with Gasteiger partial charge in [0, 0.05) is 25.6 Å². The van der Waals surface area contributed by atoms with Crippen molar-refractivity contribution in [1.82, 2.24) is 10.2 Å². The molecule has 4 rings (SSSR count). The third-order valence-electron chi connectivity index (χ3n) is 6.87. The van der Waals surface area contributed by atoms with Crippen LogP contribution in [-0.2, 0) is 39.2 Å². The normalized spacial score (nSPS) is 11.8. The highest BCUT2D eigenvalue weighted by atomic mass is 32.2. The van der Waals surface area contributed by atoms with Crippen LogP contribution in [0.5, 0.6) is 5.75 Å². The van der Waals surface area contributed by atoms with E-state index in [1.165, 1.54) is 30.1 Å². The van der Waals surface area contributed by atoms with E-state index in [4.69, 9.17) is 4.74 Å². The number of nitrogens with one attached hydrogen (secondary N) is 1. The predicted molar refractivity (Wildman–Crippen MR) is 164 cm³/mol. The van der Waals surface area contributed by atoms with Gasteiger partial charge in [-0.05, 0) is 41.5 Å². The topological polar surface area (TPSA) is 96.0 Å². The average Bonchev–Trinajstić information content (AvgIpc) is 3.01. The first kappa shape index (κ1) is 31.2. The molecule has 1 N–H and O–H groups in total. The molecule has 8 nitrogen and oxygen atoms in total. The molecule has 43 heavy (non-hydrogen) atoms. The molecular formula is C33H34FN3O5S. The van der Waals surface area contributed by atoms with Crippen LogP contribution in [0.2, 0.25) is 0 Å². The van der Waals surface area contributed by atoms with Crippen LogP contribution < -0.4 is 14.4 Å². The second-order valence-electron chi connectivity index (χ2n) is 9.97. The molecule has 224 valence electrons. The maximum Gasteiger partial charge on any atom is 0.244 e. The minimum atomic E-state index is -3.94. The number of amides is 2. The number of rotatable bonds is 13. The number of benzene rings is 4. The summed E-state index contributed by atoms with van der Waals surface area (Å²) >= 11 is 0. The van der Waals surface area contributed by atoms with Crippen LogP contribution in [-0.4, -0.2) is 51.0 Å². The monoisotopic (exact) mass is 603 g/mol. The molecule has 1 atom stereocenters. The van der Waals surface area contributed by atoms with Gasteiger partial charge in [0.1, 0.15) is 30.8 Å². The molecule has 0 fully saturated rings. The molecule has 0 aliphatic rings. The maximum absolute atomic E-state index is 14.8. The lowest BCUT2D eigenvalue weighted by molar-refractivity contribution is -0.139. The summed E-state index contributed by atoms with van der Waals surface area (Å²) in [5.74, 6) is -1.14. The van der Waals surface area contributed by atoms with Gasteiger partial charge in [-0.2, -0.15) is 0 Å². The first-order valence-electron chi connectivity index (χ1n) is 13.7. The smallest absolute Gasteiger partial charge is 0.244 e. The quantitative estimate of drug-likeness (QED) is 0.242. The number of carbonyl (C=O) groups excluding carboxylic acids is 2. The van der Waals surface area contributed by atoms with Crippen molar-refractivity contribution >= 4 is 27.5 Å². The Morgan fingerprint density at radius 1 is 0.837 bits per heavy atom. The Bertz CT molecular complexity index is 1620. The van der Waals surface area contributed by atoms with Crippen molar-refractivity contribution in [2.45, 2.75) is 25.6 Å². The largest absolute Gasteiger partial charge is 0.489 e. The summed E-state index contributed by atoms with van der Waals surface area (Å²) in [7, 11) is -2.48. The van der Waals surface area contributed by atoms with Crippen LogP contribution in [0.1, 0.15) is 16.7 Å². The first-order valence-corrected chi connectivity index (χ1v) is 15.5. The summed E-state index contributed by atoms with van der Waals surface area (Å²) in [6.45, 7) is -0.498. The zero-order valence-corrected chi connectivity index (χ0v) is 24.8. The average molecular weight is 604 g/mol. The lowest BCUT2D eigenvalue weighted by Gasteiger charge is -2.33. The summed E-state index contributed by atoms with van der Waals surface area (Å²) in [6.07, 6.45) is 1.15. The SMILES string of the molecule is CNC(=O)C(Cc1ccccc1)N(Cc1ccccc1F)C(=O)CN(c1ccc(OCc2ccccc2)cc1)S(C)(=O)=O. The number of hydrogen-bond acceptors (Lipinski definition) is 5. The van der Waals surface area contributed by atoms with Crippen LogP contribution in [0.3, 0.4) is 0 Å². The van der Waals surface area contributed by atoms with Crippen molar-refractivity contribution in [3.8, 4) is 5.75 Å². The van der Waals surface area contributed by atoms with E-state index >= 15 is 0 Å². The lowest BCUT2D eigenvalue weighted by Crippen LogP contribution is -2.53. The molecular weight excluding hydrogens is 569 g/mol. The Morgan fingerprint density at radius 3 is 2.00 bits per heavy atom. The Morgan fingerprint density at radius 2 is 1.42 bits per heavy atom. The van der Waals surface area contributed by atoms with Crippen LogP contribution in [0.4, 0.5) is 10.1 Å². The zero-order valence-electron chi connectivity index (χ0n) is 24.0. The van der Waals surface area contributed by atoms with Crippen molar-refractivity contribution in [2.24, 2.45) is 0 Å². The van der Waals surface area contributed by atoms with Gasteiger partial charge in [-0.25, -0.2) is 12.8 Å². The van der Waals surface area contributed by atoms with Gasteiger partial charge in [0.05, 0.1) is 11.9 Å². The molecule has 2 amide bonds. The number of carbonyl (C=O) groups is 2. The van der Waals surface area contributed by atoms with Gasteiger partial charge in [0.25, 0.3) is 0 Å². The molecule has 4 aromatic carbocycles. The predicted octanol–water partition coefficient (Wildman–Crippen LogP) is 4.56. The van der Waals surface area contributed by atoms with Gasteiger partial charge < -0.3 is 15.0 Å². The number of halogens is 1. The number of hydrogen-bond donors (Lipinski definition) is 1. The van der Waals surface area contributed by atoms with Crippen molar-refractivity contribution in [2.75, 3.05) is 24.2 Å². The summed E-state index contributed by atoms with van der Waals surface area (Å²) in [5.41, 5.74) is 2.21. The highest BCUT2D eigenvalue weighted by Gasteiger charge is 2.33. The van der Waals surface area contributed by atoms with E-state index in [0.717, 1.165) is 21.7 Å². The maximum atomic E-state index is 14.8. The zero-order chi connectivity index (χ0) is 30.8. The summed E-state index contributed by atoms with van der Waals surface area (Å²) < 4.78 is 47.4. The summed E-state index contributed by atoms with van der Waals surface area (Å²) in [5, 5.41) is 2.59. The van der Waals surface area contributed by atoms with E-state index in [-0.39, 0.29) is 24.2 Å². The van der Waals surface area contributed by atoms with E-state index in [1.807, 2.05) is 60.7 Å². The minimum absolute atomic E-state index is 0.146. The Balaban J connectivity index is 1.62. The highest BCUT2D eigenvalue weighted by molar-refractivity contribution is 7.92. The first-order chi connectivity index (χ1) is 20.7. The second-order valence-corrected chi connectivity index (χ2v) is 11.9. The molecule has 4 aromatic rings. The fourth-order valence-corrected chi connectivity index (χ4v) is 5.44. The Hall–Kier alpha value is -4.70. The van der Waals surface area contributed by atoms with Crippen LogP contribution in [0, 0.1) is 5.82 Å². The molecule has 0 aliphatic heterocycles. The minimum Gasteiger partial charge on any atom is -0.489 e. The number of ether oxygens (including phenoxy) is 1. The van der Waals surface area contributed by atoms with E-state index < -0.39 is 40.2 Å². The molecule has 1 unspecified atom stereocenters. The van der Waals surface area contributed by atoms with Crippen molar-refractivity contribution in [1.29, 1.82) is 0 Å². The molecule has 0 bridgehead atoms. The van der Waals surface area contributed by atoms with E-state index in [1.54, 1.807) is 30.3 Å². The molecule has 10 heteroatoms. The van der Waals surface area contributed by atoms with E-state index in [9.17, 15) is 22.4 Å². The van der Waals surface area contributed by atoms with Gasteiger partial charge in [0.15, 0.2) is 0 Å². The summed E-state index contributed by atoms with van der Waals surface area (Å²) in [6, 6.07) is 30.0. The second kappa shape index (κ2) is 14.5. The molecule has 0 spiro atoms. The molecule has 0 aromatic heterocycles. The van der Waals surface area contributed by atoms with E-state index in [0.29, 0.717) is 12.4 Å². The molecule has 0 radical (unpaired) electrons. The molecule has 0 heterocycles. The van der Waals surface area contributed by atoms with Gasteiger partial charge in [-0.3, -0.25) is 13.9 Å². The number of sulfonamides is 1. The summed E-state index contributed by atoms with van der Waals surface area (Å²) in [4.78, 5) is 28.3. The standard InChI is InChI=1S/C33H34FN3O5S/c1-35-33(39)31(21-25-11-5-3-6-12-25)36(22-27-15-9-10-16-30(27)34)32(38)23-37(43(2,40)41)28-17-19-29(20-18-28)42-24-26-13-7-4-8-14-26/h3-20,31H,21-24H2,1-2H3,(H,35,39). The van der Waals surface area contributed by atoms with Crippen molar-refractivity contribution in [3.05, 3.63) is 132 Å².